The Kier molecular flexibility index (Phi) is 5.56. The summed E-state index contributed by atoms with van der Waals surface area (Å²) in [6, 6.07) is 8.08. The van der Waals surface area contributed by atoms with Gasteiger partial charge in [-0.15, -0.1) is 0 Å². The maximum atomic E-state index is 12.3. The molecule has 140 valence electrons. The van der Waals surface area contributed by atoms with E-state index in [1.54, 1.807) is 12.1 Å². The maximum absolute atomic E-state index is 12.3. The van der Waals surface area contributed by atoms with E-state index in [0.29, 0.717) is 30.3 Å². The van der Waals surface area contributed by atoms with Gasteiger partial charge in [0.1, 0.15) is 0 Å². The Morgan fingerprint density at radius 3 is 2.56 bits per heavy atom. The monoisotopic (exact) mass is 391 g/mol. The summed E-state index contributed by atoms with van der Waals surface area (Å²) >= 11 is 5.87. The average molecular weight is 392 g/mol. The molecule has 0 atom stereocenters. The fraction of sp³-hybridized carbons (Fsp3) is 0.222. The largest absolute Gasteiger partial charge is 0.490 e. The van der Waals surface area contributed by atoms with Crippen molar-refractivity contribution in [3.63, 3.8) is 0 Å². The van der Waals surface area contributed by atoms with Crippen molar-refractivity contribution in [2.75, 3.05) is 19.8 Å². The molecule has 0 saturated carbocycles. The Labute approximate surface area is 158 Å². The van der Waals surface area contributed by atoms with Crippen molar-refractivity contribution in [3.05, 3.63) is 62.7 Å². The van der Waals surface area contributed by atoms with E-state index in [4.69, 9.17) is 25.8 Å². The third-order valence-corrected chi connectivity index (χ3v) is 4.10. The molecule has 0 fully saturated rings. The first-order valence-corrected chi connectivity index (χ1v) is 8.37. The summed E-state index contributed by atoms with van der Waals surface area (Å²) < 4.78 is 16.0. The van der Waals surface area contributed by atoms with Gasteiger partial charge in [0.2, 0.25) is 0 Å². The van der Waals surface area contributed by atoms with Crippen LogP contribution in [0.2, 0.25) is 5.02 Å². The van der Waals surface area contributed by atoms with Crippen molar-refractivity contribution < 1.29 is 28.7 Å². The number of carbonyl (C=O) groups excluding carboxylic acids is 2. The highest BCUT2D eigenvalue weighted by Crippen LogP contribution is 2.30. The number of rotatable bonds is 5. The summed E-state index contributed by atoms with van der Waals surface area (Å²) in [7, 11) is 0. The number of carbonyl (C=O) groups is 2. The number of esters is 1. The topological polar surface area (TPSA) is 105 Å². The van der Waals surface area contributed by atoms with Gasteiger partial charge in [0.05, 0.1) is 28.7 Å². The van der Waals surface area contributed by atoms with Crippen LogP contribution >= 0.6 is 11.6 Å². The van der Waals surface area contributed by atoms with Crippen molar-refractivity contribution in [3.8, 4) is 11.5 Å². The van der Waals surface area contributed by atoms with Crippen LogP contribution in [0.25, 0.3) is 0 Å². The Bertz CT molecular complexity index is 913. The van der Waals surface area contributed by atoms with Crippen LogP contribution in [0.3, 0.4) is 0 Å². The lowest BCUT2D eigenvalue weighted by Gasteiger charge is -2.09. The molecule has 0 aromatic heterocycles. The summed E-state index contributed by atoms with van der Waals surface area (Å²) in [5.41, 5.74) is -0.00426. The number of nitro benzene ring substituents is 1. The van der Waals surface area contributed by atoms with Crippen molar-refractivity contribution in [1.29, 1.82) is 0 Å². The highest BCUT2D eigenvalue weighted by Gasteiger charge is 2.19. The van der Waals surface area contributed by atoms with E-state index in [-0.39, 0.29) is 16.3 Å². The number of non-ortho nitro benzene ring substituents is 1. The second-order valence-electron chi connectivity index (χ2n) is 5.63. The maximum Gasteiger partial charge on any atom is 0.340 e. The van der Waals surface area contributed by atoms with Crippen molar-refractivity contribution in [2.45, 2.75) is 6.42 Å². The Balaban J connectivity index is 1.66. The van der Waals surface area contributed by atoms with Gasteiger partial charge < -0.3 is 14.2 Å². The van der Waals surface area contributed by atoms with Gasteiger partial charge in [-0.3, -0.25) is 14.9 Å². The fourth-order valence-electron chi connectivity index (χ4n) is 2.41. The number of hydrogen-bond donors (Lipinski definition) is 0. The molecule has 0 amide bonds. The molecule has 0 unspecified atom stereocenters. The van der Waals surface area contributed by atoms with Gasteiger partial charge in [-0.05, 0) is 24.3 Å². The molecule has 8 nitrogen and oxygen atoms in total. The molecule has 0 saturated heterocycles. The predicted molar refractivity (Wildman–Crippen MR) is 94.8 cm³/mol. The first-order chi connectivity index (χ1) is 13.0. The number of nitro groups is 1. The highest BCUT2D eigenvalue weighted by atomic mass is 35.5. The minimum Gasteiger partial charge on any atom is -0.490 e. The summed E-state index contributed by atoms with van der Waals surface area (Å²) in [4.78, 5) is 34.4. The highest BCUT2D eigenvalue weighted by molar-refractivity contribution is 6.33. The van der Waals surface area contributed by atoms with E-state index in [2.05, 4.69) is 0 Å². The molecule has 0 bridgehead atoms. The molecule has 0 aliphatic carbocycles. The molecule has 2 aromatic carbocycles. The Morgan fingerprint density at radius 2 is 1.85 bits per heavy atom. The second kappa shape index (κ2) is 8.05. The lowest BCUT2D eigenvalue weighted by atomic mass is 10.1. The number of Topliss-reactive ketones (excluding diaryl/α,β-unsaturated/α-hetero) is 1. The lowest BCUT2D eigenvalue weighted by molar-refractivity contribution is -0.384. The fourth-order valence-corrected chi connectivity index (χ4v) is 2.66. The third kappa shape index (κ3) is 4.35. The number of ketones is 1. The van der Waals surface area contributed by atoms with Gasteiger partial charge in [0.15, 0.2) is 23.9 Å². The van der Waals surface area contributed by atoms with Gasteiger partial charge in [-0.1, -0.05) is 11.6 Å². The summed E-state index contributed by atoms with van der Waals surface area (Å²) in [5, 5.41) is 10.6. The SMILES string of the molecule is O=C(COC(=O)c1ccc([N+](=O)[O-])cc1Cl)c1ccc2c(c1)OCCCO2. The zero-order chi connectivity index (χ0) is 19.4. The van der Waals surface area contributed by atoms with E-state index in [0.717, 1.165) is 18.6 Å². The first kappa shape index (κ1) is 18.7. The normalized spacial score (nSPS) is 12.8. The van der Waals surface area contributed by atoms with Crippen LogP contribution in [-0.2, 0) is 4.74 Å². The summed E-state index contributed by atoms with van der Waals surface area (Å²) in [5.74, 6) is -0.267. The van der Waals surface area contributed by atoms with Crippen LogP contribution in [0.1, 0.15) is 27.1 Å². The summed E-state index contributed by atoms with van der Waals surface area (Å²) in [6.07, 6.45) is 0.742. The molecule has 27 heavy (non-hydrogen) atoms. The van der Waals surface area contributed by atoms with E-state index in [9.17, 15) is 19.7 Å². The van der Waals surface area contributed by atoms with Crippen LogP contribution in [-0.4, -0.2) is 36.5 Å². The van der Waals surface area contributed by atoms with Crippen LogP contribution in [0.4, 0.5) is 5.69 Å². The van der Waals surface area contributed by atoms with Crippen molar-refractivity contribution >= 4 is 29.0 Å². The van der Waals surface area contributed by atoms with Gasteiger partial charge in [0.25, 0.3) is 5.69 Å². The Morgan fingerprint density at radius 1 is 1.11 bits per heavy atom. The second-order valence-corrected chi connectivity index (χ2v) is 6.04. The number of nitrogens with zero attached hydrogens (tertiary/aromatic N) is 1. The smallest absolute Gasteiger partial charge is 0.340 e. The molecule has 2 aromatic rings. The van der Waals surface area contributed by atoms with Gasteiger partial charge in [0, 0.05) is 24.1 Å². The van der Waals surface area contributed by atoms with Gasteiger partial charge >= 0.3 is 5.97 Å². The number of hydrogen-bond acceptors (Lipinski definition) is 7. The minimum absolute atomic E-state index is 0.0614. The first-order valence-electron chi connectivity index (χ1n) is 7.99. The average Bonchev–Trinajstić information content (AvgIpc) is 2.90. The standard InChI is InChI=1S/C18H14ClNO7/c19-14-9-12(20(23)24)3-4-13(14)18(22)27-10-15(21)11-2-5-16-17(8-11)26-7-1-6-25-16/h2-5,8-9H,1,6-7,10H2. The summed E-state index contributed by atoms with van der Waals surface area (Å²) in [6.45, 7) is 0.512. The van der Waals surface area contributed by atoms with Gasteiger partial charge in [-0.2, -0.15) is 0 Å². The molecule has 1 heterocycles. The minimum atomic E-state index is -0.849. The third-order valence-electron chi connectivity index (χ3n) is 3.79. The van der Waals surface area contributed by atoms with Crippen LogP contribution < -0.4 is 9.47 Å². The lowest BCUT2D eigenvalue weighted by Crippen LogP contribution is -2.15. The van der Waals surface area contributed by atoms with Crippen molar-refractivity contribution in [2.24, 2.45) is 0 Å². The van der Waals surface area contributed by atoms with Gasteiger partial charge in [-0.25, -0.2) is 4.79 Å². The van der Waals surface area contributed by atoms with E-state index < -0.39 is 23.3 Å². The zero-order valence-corrected chi connectivity index (χ0v) is 14.7. The van der Waals surface area contributed by atoms with Crippen LogP contribution in [0.15, 0.2) is 36.4 Å². The molecule has 0 radical (unpaired) electrons. The van der Waals surface area contributed by atoms with Crippen molar-refractivity contribution in [1.82, 2.24) is 0 Å². The quantitative estimate of drug-likeness (QED) is 0.332. The van der Waals surface area contributed by atoms with Crippen LogP contribution in [0.5, 0.6) is 11.5 Å². The Hall–Kier alpha value is -3.13. The molecule has 3 rings (SSSR count). The zero-order valence-electron chi connectivity index (χ0n) is 14.0. The number of halogens is 1. The van der Waals surface area contributed by atoms with E-state index in [1.807, 2.05) is 0 Å². The molecule has 0 N–H and O–H groups in total. The van der Waals surface area contributed by atoms with E-state index >= 15 is 0 Å². The molecular formula is C18H14ClNO7. The molecule has 1 aliphatic rings. The predicted octanol–water partition coefficient (Wildman–Crippen LogP) is 3.45. The van der Waals surface area contributed by atoms with E-state index in [1.165, 1.54) is 12.1 Å². The number of fused-ring (bicyclic) bond motifs is 1. The number of benzene rings is 2. The molecular weight excluding hydrogens is 378 g/mol. The van der Waals surface area contributed by atoms with Crippen LogP contribution in [0, 0.1) is 10.1 Å². The molecule has 1 aliphatic heterocycles. The number of ether oxygens (including phenoxy) is 3. The molecule has 9 heteroatoms. The molecule has 0 spiro atoms.